The lowest BCUT2D eigenvalue weighted by Gasteiger charge is -2.18. The van der Waals surface area contributed by atoms with Gasteiger partial charge in [0.05, 0.1) is 12.4 Å². The maximum atomic E-state index is 11.8. The molecule has 0 saturated carbocycles. The zero-order valence-corrected chi connectivity index (χ0v) is 11.4. The fourth-order valence-corrected chi connectivity index (χ4v) is 2.36. The summed E-state index contributed by atoms with van der Waals surface area (Å²) in [6.07, 6.45) is 0. The highest BCUT2D eigenvalue weighted by atomic mass is 32.2. The van der Waals surface area contributed by atoms with Crippen LogP contribution in [0.2, 0.25) is 0 Å². The molecule has 1 rings (SSSR count). The third-order valence-corrected chi connectivity index (χ3v) is 4.49. The first-order chi connectivity index (χ1) is 7.88. The van der Waals surface area contributed by atoms with Gasteiger partial charge in [0.2, 0.25) is 10.0 Å². The lowest BCUT2D eigenvalue weighted by molar-refractivity contribution is 0.405. The fraction of sp³-hybridized carbons (Fsp3) is 0.500. The molecule has 0 fully saturated rings. The molecule has 96 valence electrons. The standard InChI is InChI=1S/C12H19NO3S/c1-9(2)17(14,15)13-10(3)11-7-5-6-8-12(11)16-4/h5-10,13H,1-4H3/t10-/m1/s1. The molecular formula is C12H19NO3S. The first-order valence-corrected chi connectivity index (χ1v) is 7.07. The zero-order chi connectivity index (χ0) is 13.1. The van der Waals surface area contributed by atoms with Crippen LogP contribution in [0.4, 0.5) is 0 Å². The Labute approximate surface area is 103 Å². The number of sulfonamides is 1. The molecule has 0 aliphatic rings. The van der Waals surface area contributed by atoms with Crippen molar-refractivity contribution in [3.63, 3.8) is 0 Å². The number of nitrogens with one attached hydrogen (secondary N) is 1. The summed E-state index contributed by atoms with van der Waals surface area (Å²) < 4.78 is 31.4. The van der Waals surface area contributed by atoms with E-state index in [0.29, 0.717) is 5.75 Å². The van der Waals surface area contributed by atoms with Crippen LogP contribution in [0.15, 0.2) is 24.3 Å². The summed E-state index contributed by atoms with van der Waals surface area (Å²) in [6.45, 7) is 5.10. The van der Waals surface area contributed by atoms with E-state index in [1.165, 1.54) is 0 Å². The first kappa shape index (κ1) is 14.0. The van der Waals surface area contributed by atoms with Gasteiger partial charge in [0.15, 0.2) is 0 Å². The van der Waals surface area contributed by atoms with Crippen molar-refractivity contribution in [1.82, 2.24) is 4.72 Å². The molecule has 4 nitrogen and oxygen atoms in total. The highest BCUT2D eigenvalue weighted by Crippen LogP contribution is 2.25. The lowest BCUT2D eigenvalue weighted by atomic mass is 10.1. The second kappa shape index (κ2) is 5.51. The van der Waals surface area contributed by atoms with E-state index in [-0.39, 0.29) is 6.04 Å². The summed E-state index contributed by atoms with van der Waals surface area (Å²) in [4.78, 5) is 0. The molecular weight excluding hydrogens is 238 g/mol. The van der Waals surface area contributed by atoms with E-state index in [1.54, 1.807) is 27.9 Å². The molecule has 0 radical (unpaired) electrons. The molecule has 0 unspecified atom stereocenters. The number of benzene rings is 1. The number of hydrogen-bond acceptors (Lipinski definition) is 3. The first-order valence-electron chi connectivity index (χ1n) is 5.52. The Morgan fingerprint density at radius 3 is 2.29 bits per heavy atom. The molecule has 1 aromatic carbocycles. The molecule has 0 aromatic heterocycles. The second-order valence-corrected chi connectivity index (χ2v) is 6.44. The third kappa shape index (κ3) is 3.44. The maximum absolute atomic E-state index is 11.8. The van der Waals surface area contributed by atoms with Gasteiger partial charge in [-0.25, -0.2) is 13.1 Å². The van der Waals surface area contributed by atoms with Crippen LogP contribution in [0.3, 0.4) is 0 Å². The lowest BCUT2D eigenvalue weighted by Crippen LogP contribution is -2.33. The van der Waals surface area contributed by atoms with Crippen LogP contribution in [-0.2, 0) is 10.0 Å². The maximum Gasteiger partial charge on any atom is 0.214 e. The van der Waals surface area contributed by atoms with Gasteiger partial charge in [-0.3, -0.25) is 0 Å². The van der Waals surface area contributed by atoms with Gasteiger partial charge in [-0.05, 0) is 26.8 Å². The Hall–Kier alpha value is -1.07. The minimum Gasteiger partial charge on any atom is -0.496 e. The Bertz CT molecular complexity index is 468. The predicted molar refractivity (Wildman–Crippen MR) is 68.6 cm³/mol. The van der Waals surface area contributed by atoms with Crippen LogP contribution in [-0.4, -0.2) is 20.8 Å². The minimum absolute atomic E-state index is 0.307. The van der Waals surface area contributed by atoms with Crippen molar-refractivity contribution in [2.45, 2.75) is 32.1 Å². The average molecular weight is 257 g/mol. The summed E-state index contributed by atoms with van der Waals surface area (Å²) in [7, 11) is -1.70. The second-order valence-electron chi connectivity index (χ2n) is 4.18. The topological polar surface area (TPSA) is 55.4 Å². The fourth-order valence-electron chi connectivity index (χ4n) is 1.47. The minimum atomic E-state index is -3.28. The van der Waals surface area contributed by atoms with Crippen molar-refractivity contribution in [2.75, 3.05) is 7.11 Å². The van der Waals surface area contributed by atoms with Crippen LogP contribution >= 0.6 is 0 Å². The number of para-hydroxylation sites is 1. The van der Waals surface area contributed by atoms with Crippen molar-refractivity contribution in [2.24, 2.45) is 0 Å². The Balaban J connectivity index is 2.94. The number of methoxy groups -OCH3 is 1. The van der Waals surface area contributed by atoms with Crippen molar-refractivity contribution in [3.05, 3.63) is 29.8 Å². The van der Waals surface area contributed by atoms with E-state index in [0.717, 1.165) is 5.56 Å². The van der Waals surface area contributed by atoms with E-state index in [9.17, 15) is 8.42 Å². The molecule has 0 spiro atoms. The van der Waals surface area contributed by atoms with Crippen LogP contribution in [0, 0.1) is 0 Å². The third-order valence-electron chi connectivity index (χ3n) is 2.57. The van der Waals surface area contributed by atoms with Gasteiger partial charge in [-0.2, -0.15) is 0 Å². The molecule has 0 amide bonds. The van der Waals surface area contributed by atoms with Gasteiger partial charge < -0.3 is 4.74 Å². The van der Waals surface area contributed by atoms with Gasteiger partial charge in [0, 0.05) is 11.6 Å². The van der Waals surface area contributed by atoms with E-state index in [4.69, 9.17) is 4.74 Å². The molecule has 1 N–H and O–H groups in total. The molecule has 0 bridgehead atoms. The zero-order valence-electron chi connectivity index (χ0n) is 10.6. The molecule has 1 aromatic rings. The van der Waals surface area contributed by atoms with Crippen LogP contribution in [0.5, 0.6) is 5.75 Å². The molecule has 17 heavy (non-hydrogen) atoms. The van der Waals surface area contributed by atoms with Gasteiger partial charge >= 0.3 is 0 Å². The summed E-state index contributed by atoms with van der Waals surface area (Å²) in [6, 6.07) is 7.07. The highest BCUT2D eigenvalue weighted by molar-refractivity contribution is 7.90. The summed E-state index contributed by atoms with van der Waals surface area (Å²) >= 11 is 0. The largest absolute Gasteiger partial charge is 0.496 e. The van der Waals surface area contributed by atoms with Crippen molar-refractivity contribution in [3.8, 4) is 5.75 Å². The molecule has 0 heterocycles. The number of hydrogen-bond donors (Lipinski definition) is 1. The quantitative estimate of drug-likeness (QED) is 0.878. The van der Waals surface area contributed by atoms with Crippen molar-refractivity contribution < 1.29 is 13.2 Å². The molecule has 0 aliphatic heterocycles. The molecule has 0 saturated heterocycles. The number of ether oxygens (including phenoxy) is 1. The van der Waals surface area contributed by atoms with Crippen LogP contribution < -0.4 is 9.46 Å². The van der Waals surface area contributed by atoms with Gasteiger partial charge in [-0.1, -0.05) is 18.2 Å². The van der Waals surface area contributed by atoms with E-state index in [2.05, 4.69) is 4.72 Å². The van der Waals surface area contributed by atoms with Crippen LogP contribution in [0.25, 0.3) is 0 Å². The Morgan fingerprint density at radius 1 is 1.18 bits per heavy atom. The monoisotopic (exact) mass is 257 g/mol. The summed E-state index contributed by atoms with van der Waals surface area (Å²) in [5.41, 5.74) is 0.833. The van der Waals surface area contributed by atoms with Gasteiger partial charge in [-0.15, -0.1) is 0 Å². The van der Waals surface area contributed by atoms with Crippen LogP contribution in [0.1, 0.15) is 32.4 Å². The van der Waals surface area contributed by atoms with E-state index >= 15 is 0 Å². The Kier molecular flexibility index (Phi) is 4.54. The van der Waals surface area contributed by atoms with Gasteiger partial charge in [0.25, 0.3) is 0 Å². The number of rotatable bonds is 5. The van der Waals surface area contributed by atoms with Gasteiger partial charge in [0.1, 0.15) is 5.75 Å². The smallest absolute Gasteiger partial charge is 0.214 e. The molecule has 5 heteroatoms. The van der Waals surface area contributed by atoms with Crippen molar-refractivity contribution in [1.29, 1.82) is 0 Å². The summed E-state index contributed by atoms with van der Waals surface area (Å²) in [5, 5.41) is -0.445. The molecule has 1 atom stereocenters. The SMILES string of the molecule is COc1ccccc1[C@@H](C)NS(=O)(=O)C(C)C. The average Bonchev–Trinajstić information content (AvgIpc) is 2.28. The van der Waals surface area contributed by atoms with Crippen molar-refractivity contribution >= 4 is 10.0 Å². The van der Waals surface area contributed by atoms with E-state index in [1.807, 2.05) is 24.3 Å². The summed E-state index contributed by atoms with van der Waals surface area (Å²) in [5.74, 6) is 0.687. The highest BCUT2D eigenvalue weighted by Gasteiger charge is 2.21. The predicted octanol–water partition coefficient (Wildman–Crippen LogP) is 2.08. The molecule has 0 aliphatic carbocycles. The Morgan fingerprint density at radius 2 is 1.76 bits per heavy atom. The normalized spacial score (nSPS) is 13.7. The van der Waals surface area contributed by atoms with E-state index < -0.39 is 15.3 Å².